The van der Waals surface area contributed by atoms with Crippen LogP contribution in [0.15, 0.2) is 24.4 Å². The average molecular weight is 358 g/mol. The summed E-state index contributed by atoms with van der Waals surface area (Å²) in [6.07, 6.45) is -3.41. The molecule has 3 nitrogen and oxygen atoms in total. The highest BCUT2D eigenvalue weighted by Gasteiger charge is 2.29. The van der Waals surface area contributed by atoms with E-state index in [2.05, 4.69) is 9.97 Å². The van der Waals surface area contributed by atoms with Gasteiger partial charge in [-0.15, -0.1) is 0 Å². The second-order valence-corrected chi connectivity index (χ2v) is 5.04. The summed E-state index contributed by atoms with van der Waals surface area (Å²) in [6.45, 7) is -1.47. The van der Waals surface area contributed by atoms with Crippen LogP contribution in [0.5, 0.6) is 5.75 Å². The number of alkyl halides is 3. The fourth-order valence-corrected chi connectivity index (χ4v) is 1.90. The molecule has 0 aliphatic rings. The molecule has 0 bridgehead atoms. The number of benzene rings is 1. The van der Waals surface area contributed by atoms with Gasteiger partial charge in [0.05, 0.1) is 16.2 Å². The second kappa shape index (κ2) is 6.25. The zero-order chi connectivity index (χ0) is 15.6. The molecule has 0 aliphatic heterocycles. The maximum atomic E-state index is 12.2. The van der Waals surface area contributed by atoms with E-state index in [0.29, 0.717) is 10.6 Å². The Morgan fingerprint density at radius 2 is 1.81 bits per heavy atom. The fourth-order valence-electron chi connectivity index (χ4n) is 1.46. The number of hydrogen-bond acceptors (Lipinski definition) is 3. The molecule has 0 spiro atoms. The lowest BCUT2D eigenvalue weighted by atomic mass is 10.1. The molecule has 0 saturated heterocycles. The molecule has 2 aromatic rings. The highest BCUT2D eigenvalue weighted by atomic mass is 35.5. The van der Waals surface area contributed by atoms with E-state index in [1.807, 2.05) is 0 Å². The van der Waals surface area contributed by atoms with Crippen molar-refractivity contribution in [2.45, 2.75) is 6.18 Å². The molecule has 0 atom stereocenters. The Hall–Kier alpha value is -1.24. The molecule has 0 saturated carbocycles. The van der Waals surface area contributed by atoms with Crippen LogP contribution in [0, 0.1) is 0 Å². The molecule has 9 heteroatoms. The molecule has 0 aliphatic carbocycles. The first-order valence-electron chi connectivity index (χ1n) is 5.44. The van der Waals surface area contributed by atoms with Crippen molar-refractivity contribution in [1.29, 1.82) is 0 Å². The van der Waals surface area contributed by atoms with Gasteiger partial charge in [-0.2, -0.15) is 13.2 Å². The maximum Gasteiger partial charge on any atom is 0.422 e. The summed E-state index contributed by atoms with van der Waals surface area (Å²) in [5.74, 6) is -0.157. The van der Waals surface area contributed by atoms with Gasteiger partial charge in [-0.05, 0) is 23.7 Å². The summed E-state index contributed by atoms with van der Waals surface area (Å²) >= 11 is 17.3. The van der Waals surface area contributed by atoms with Crippen LogP contribution in [0.4, 0.5) is 13.2 Å². The summed E-state index contributed by atoms with van der Waals surface area (Å²) in [7, 11) is 0. The second-order valence-electron chi connectivity index (χ2n) is 3.88. The molecule has 1 aromatic heterocycles. The first-order chi connectivity index (χ1) is 9.76. The summed E-state index contributed by atoms with van der Waals surface area (Å²) in [5, 5.41) is 0.402. The van der Waals surface area contributed by atoms with Gasteiger partial charge in [0, 0.05) is 5.56 Å². The Bertz CT molecular complexity index is 665. The van der Waals surface area contributed by atoms with Gasteiger partial charge in [0.15, 0.2) is 12.4 Å². The van der Waals surface area contributed by atoms with Crippen LogP contribution in [0.1, 0.15) is 0 Å². The lowest BCUT2D eigenvalue weighted by molar-refractivity contribution is -0.153. The Morgan fingerprint density at radius 3 is 2.43 bits per heavy atom. The van der Waals surface area contributed by atoms with E-state index >= 15 is 0 Å². The first kappa shape index (κ1) is 16.1. The predicted molar refractivity (Wildman–Crippen MR) is 74.0 cm³/mol. The summed E-state index contributed by atoms with van der Waals surface area (Å²) in [5.41, 5.74) is 0.503. The van der Waals surface area contributed by atoms with Gasteiger partial charge in [0.1, 0.15) is 5.69 Å². The summed E-state index contributed by atoms with van der Waals surface area (Å²) < 4.78 is 41.4. The number of hydrogen-bond donors (Lipinski definition) is 0. The smallest absolute Gasteiger partial charge is 0.422 e. The van der Waals surface area contributed by atoms with Crippen molar-refractivity contribution in [3.63, 3.8) is 0 Å². The van der Waals surface area contributed by atoms with Gasteiger partial charge < -0.3 is 4.74 Å². The van der Waals surface area contributed by atoms with E-state index in [4.69, 9.17) is 39.5 Å². The van der Waals surface area contributed by atoms with Crippen LogP contribution in [-0.4, -0.2) is 22.8 Å². The normalized spacial score (nSPS) is 11.5. The summed E-state index contributed by atoms with van der Waals surface area (Å²) in [4.78, 5) is 7.48. The van der Waals surface area contributed by atoms with Crippen molar-refractivity contribution < 1.29 is 17.9 Å². The number of rotatable bonds is 3. The minimum absolute atomic E-state index is 0.0952. The minimum Gasteiger partial charge on any atom is -0.480 e. The Morgan fingerprint density at radius 1 is 1.10 bits per heavy atom. The molecule has 0 unspecified atom stereocenters. The van der Waals surface area contributed by atoms with Crippen LogP contribution in [0.25, 0.3) is 11.3 Å². The minimum atomic E-state index is -4.48. The third-order valence-electron chi connectivity index (χ3n) is 2.31. The van der Waals surface area contributed by atoms with Crippen LogP contribution < -0.4 is 4.74 Å². The summed E-state index contributed by atoms with van der Waals surface area (Å²) in [6, 6.07) is 4.47. The van der Waals surface area contributed by atoms with Crippen molar-refractivity contribution in [2.24, 2.45) is 0 Å². The highest BCUT2D eigenvalue weighted by Crippen LogP contribution is 2.33. The Labute approximate surface area is 132 Å². The Kier molecular flexibility index (Phi) is 4.81. The largest absolute Gasteiger partial charge is 0.480 e. The molecule has 2 rings (SSSR count). The molecule has 0 radical (unpaired) electrons. The molecule has 1 heterocycles. The maximum absolute atomic E-state index is 12.2. The fraction of sp³-hybridized carbons (Fsp3) is 0.167. The molecule has 1 aromatic carbocycles. The van der Waals surface area contributed by atoms with Gasteiger partial charge in [0.2, 0.25) is 5.28 Å². The topological polar surface area (TPSA) is 35.0 Å². The SMILES string of the molecule is FC(F)(F)COc1cnc(Cl)nc1-c1ccc(Cl)c(Cl)c1. The quantitative estimate of drug-likeness (QED) is 0.721. The monoisotopic (exact) mass is 356 g/mol. The van der Waals surface area contributed by atoms with E-state index in [0.717, 1.165) is 6.20 Å². The number of ether oxygens (including phenoxy) is 1. The van der Waals surface area contributed by atoms with Crippen LogP contribution >= 0.6 is 34.8 Å². The predicted octanol–water partition coefficient (Wildman–Crippen LogP) is 5.04. The van der Waals surface area contributed by atoms with Crippen molar-refractivity contribution in [3.8, 4) is 17.0 Å². The van der Waals surface area contributed by atoms with Crippen molar-refractivity contribution in [1.82, 2.24) is 9.97 Å². The molecular formula is C12H6Cl3F3N2O. The third kappa shape index (κ3) is 4.36. The van der Waals surface area contributed by atoms with E-state index in [1.54, 1.807) is 0 Å². The van der Waals surface area contributed by atoms with Crippen LogP contribution in [0.3, 0.4) is 0 Å². The van der Waals surface area contributed by atoms with Crippen LogP contribution in [-0.2, 0) is 0 Å². The van der Waals surface area contributed by atoms with Crippen molar-refractivity contribution in [3.05, 3.63) is 39.7 Å². The molecule has 0 N–H and O–H groups in total. The molecule has 21 heavy (non-hydrogen) atoms. The van der Waals surface area contributed by atoms with E-state index in [9.17, 15) is 13.2 Å². The highest BCUT2D eigenvalue weighted by molar-refractivity contribution is 6.42. The average Bonchev–Trinajstić information content (AvgIpc) is 2.39. The van der Waals surface area contributed by atoms with Gasteiger partial charge in [-0.3, -0.25) is 0 Å². The van der Waals surface area contributed by atoms with Gasteiger partial charge in [-0.25, -0.2) is 9.97 Å². The number of nitrogens with zero attached hydrogens (tertiary/aromatic N) is 2. The first-order valence-corrected chi connectivity index (χ1v) is 6.57. The van der Waals surface area contributed by atoms with E-state index in [-0.39, 0.29) is 21.7 Å². The third-order valence-corrected chi connectivity index (χ3v) is 3.23. The van der Waals surface area contributed by atoms with Crippen molar-refractivity contribution >= 4 is 34.8 Å². The zero-order valence-corrected chi connectivity index (χ0v) is 12.4. The molecule has 112 valence electrons. The van der Waals surface area contributed by atoms with E-state index < -0.39 is 12.8 Å². The molecule has 0 fully saturated rings. The number of halogens is 6. The number of aromatic nitrogens is 2. The molecular weight excluding hydrogens is 351 g/mol. The lowest BCUT2D eigenvalue weighted by Gasteiger charge is -2.12. The zero-order valence-electron chi connectivity index (χ0n) is 10.1. The van der Waals surface area contributed by atoms with Crippen LogP contribution in [0.2, 0.25) is 15.3 Å². The van der Waals surface area contributed by atoms with Gasteiger partial charge in [-0.1, -0.05) is 29.3 Å². The lowest BCUT2D eigenvalue weighted by Crippen LogP contribution is -2.19. The van der Waals surface area contributed by atoms with E-state index in [1.165, 1.54) is 18.2 Å². The van der Waals surface area contributed by atoms with Crippen molar-refractivity contribution in [2.75, 3.05) is 6.61 Å². The van der Waals surface area contributed by atoms with Gasteiger partial charge >= 0.3 is 6.18 Å². The van der Waals surface area contributed by atoms with Gasteiger partial charge in [0.25, 0.3) is 0 Å². The molecule has 0 amide bonds. The Balaban J connectivity index is 2.41. The standard InChI is InChI=1S/C12H6Cl3F3N2O/c13-7-2-1-6(3-8(7)14)10-9(4-19-11(15)20-10)21-5-12(16,17)18/h1-4H,5H2.